The standard InChI is InChI=1S/C17H21ClN4/c18-14-7-5-13(6-8-14)9-10-19-16-11-17(21-12-20-16)22-15-3-1-2-4-15/h5-8,11-12,15H,1-4,9-10H2,(H2,19,20,21,22). The molecule has 0 aliphatic heterocycles. The van der Waals surface area contributed by atoms with E-state index in [1.165, 1.54) is 31.2 Å². The van der Waals surface area contributed by atoms with E-state index in [9.17, 15) is 0 Å². The minimum Gasteiger partial charge on any atom is -0.370 e. The van der Waals surface area contributed by atoms with Crippen molar-refractivity contribution in [2.45, 2.75) is 38.1 Å². The Kier molecular flexibility index (Phi) is 5.11. The second-order valence-electron chi connectivity index (χ2n) is 5.72. The highest BCUT2D eigenvalue weighted by molar-refractivity contribution is 6.30. The molecule has 5 heteroatoms. The minimum absolute atomic E-state index is 0.566. The second kappa shape index (κ2) is 7.45. The summed E-state index contributed by atoms with van der Waals surface area (Å²) in [5.74, 6) is 1.78. The molecule has 1 fully saturated rings. The molecular formula is C17H21ClN4. The van der Waals surface area contributed by atoms with Gasteiger partial charge in [-0.2, -0.15) is 0 Å². The van der Waals surface area contributed by atoms with Gasteiger partial charge in [0.1, 0.15) is 18.0 Å². The van der Waals surface area contributed by atoms with Gasteiger partial charge in [-0.25, -0.2) is 9.97 Å². The molecule has 22 heavy (non-hydrogen) atoms. The van der Waals surface area contributed by atoms with Crippen molar-refractivity contribution in [1.29, 1.82) is 0 Å². The molecule has 0 amide bonds. The van der Waals surface area contributed by atoms with E-state index in [0.717, 1.165) is 29.6 Å². The second-order valence-corrected chi connectivity index (χ2v) is 6.15. The average Bonchev–Trinajstić information content (AvgIpc) is 3.03. The van der Waals surface area contributed by atoms with Crippen LogP contribution < -0.4 is 10.6 Å². The van der Waals surface area contributed by atoms with Gasteiger partial charge in [-0.3, -0.25) is 0 Å². The number of benzene rings is 1. The molecule has 0 bridgehead atoms. The van der Waals surface area contributed by atoms with Gasteiger partial charge in [0.05, 0.1) is 0 Å². The molecule has 1 heterocycles. The van der Waals surface area contributed by atoms with Crippen molar-refractivity contribution in [2.75, 3.05) is 17.2 Å². The minimum atomic E-state index is 0.566. The van der Waals surface area contributed by atoms with E-state index < -0.39 is 0 Å². The smallest absolute Gasteiger partial charge is 0.131 e. The molecule has 3 rings (SSSR count). The third-order valence-corrected chi connectivity index (χ3v) is 4.26. The Morgan fingerprint density at radius 2 is 1.77 bits per heavy atom. The molecule has 2 N–H and O–H groups in total. The lowest BCUT2D eigenvalue weighted by molar-refractivity contribution is 0.750. The molecule has 0 atom stereocenters. The highest BCUT2D eigenvalue weighted by atomic mass is 35.5. The number of hydrogen-bond donors (Lipinski definition) is 2. The Morgan fingerprint density at radius 3 is 2.55 bits per heavy atom. The maximum Gasteiger partial charge on any atom is 0.131 e. The Labute approximate surface area is 136 Å². The fraction of sp³-hybridized carbons (Fsp3) is 0.412. The van der Waals surface area contributed by atoms with Gasteiger partial charge < -0.3 is 10.6 Å². The van der Waals surface area contributed by atoms with E-state index >= 15 is 0 Å². The highest BCUT2D eigenvalue weighted by Crippen LogP contribution is 2.21. The summed E-state index contributed by atoms with van der Waals surface area (Å²) in [7, 11) is 0. The van der Waals surface area contributed by atoms with E-state index in [4.69, 9.17) is 11.6 Å². The number of anilines is 2. The topological polar surface area (TPSA) is 49.8 Å². The molecule has 0 radical (unpaired) electrons. The molecule has 1 aromatic carbocycles. The van der Waals surface area contributed by atoms with Gasteiger partial charge in [-0.1, -0.05) is 36.6 Å². The lowest BCUT2D eigenvalue weighted by Gasteiger charge is -2.13. The van der Waals surface area contributed by atoms with Gasteiger partial charge in [0, 0.05) is 23.7 Å². The average molecular weight is 317 g/mol. The summed E-state index contributed by atoms with van der Waals surface area (Å²) in [6, 6.07) is 10.5. The quantitative estimate of drug-likeness (QED) is 0.841. The van der Waals surface area contributed by atoms with Gasteiger partial charge in [0.25, 0.3) is 0 Å². The fourth-order valence-corrected chi connectivity index (χ4v) is 2.92. The predicted octanol–water partition coefficient (Wildman–Crippen LogP) is 4.14. The molecule has 4 nitrogen and oxygen atoms in total. The first-order valence-electron chi connectivity index (χ1n) is 7.86. The zero-order chi connectivity index (χ0) is 15.2. The van der Waals surface area contributed by atoms with E-state index in [1.807, 2.05) is 18.2 Å². The van der Waals surface area contributed by atoms with Crippen molar-refractivity contribution in [3.8, 4) is 0 Å². The Morgan fingerprint density at radius 1 is 1.05 bits per heavy atom. The van der Waals surface area contributed by atoms with Crippen molar-refractivity contribution in [1.82, 2.24) is 9.97 Å². The molecule has 116 valence electrons. The van der Waals surface area contributed by atoms with Crippen LogP contribution in [0.3, 0.4) is 0 Å². The lowest BCUT2D eigenvalue weighted by Crippen LogP contribution is -2.16. The van der Waals surface area contributed by atoms with Gasteiger partial charge in [-0.15, -0.1) is 0 Å². The Balaban J connectivity index is 1.50. The van der Waals surface area contributed by atoms with Crippen LogP contribution in [0.1, 0.15) is 31.2 Å². The van der Waals surface area contributed by atoms with Crippen molar-refractivity contribution >= 4 is 23.2 Å². The Hall–Kier alpha value is -1.81. The van der Waals surface area contributed by atoms with Crippen molar-refractivity contribution in [3.05, 3.63) is 47.2 Å². The van der Waals surface area contributed by atoms with Crippen LogP contribution in [-0.2, 0) is 6.42 Å². The molecule has 0 saturated heterocycles. The van der Waals surface area contributed by atoms with Crippen LogP contribution >= 0.6 is 11.6 Å². The summed E-state index contributed by atoms with van der Waals surface area (Å²) in [4.78, 5) is 8.58. The third-order valence-electron chi connectivity index (χ3n) is 4.01. The first-order chi connectivity index (χ1) is 10.8. The van der Waals surface area contributed by atoms with Crippen LogP contribution in [-0.4, -0.2) is 22.6 Å². The number of rotatable bonds is 6. The molecular weight excluding hydrogens is 296 g/mol. The maximum atomic E-state index is 5.89. The predicted molar refractivity (Wildman–Crippen MR) is 91.6 cm³/mol. The number of hydrogen-bond acceptors (Lipinski definition) is 4. The lowest BCUT2D eigenvalue weighted by atomic mass is 10.1. The maximum absolute atomic E-state index is 5.89. The molecule has 1 saturated carbocycles. The van der Waals surface area contributed by atoms with Gasteiger partial charge in [0.15, 0.2) is 0 Å². The molecule has 0 unspecified atom stereocenters. The van der Waals surface area contributed by atoms with E-state index in [2.05, 4.69) is 32.7 Å². The molecule has 1 aliphatic rings. The van der Waals surface area contributed by atoms with E-state index in [1.54, 1.807) is 6.33 Å². The van der Waals surface area contributed by atoms with Crippen LogP contribution in [0.2, 0.25) is 5.02 Å². The monoisotopic (exact) mass is 316 g/mol. The van der Waals surface area contributed by atoms with E-state index in [0.29, 0.717) is 6.04 Å². The van der Waals surface area contributed by atoms with Gasteiger partial charge in [-0.05, 0) is 37.0 Å². The summed E-state index contributed by atoms with van der Waals surface area (Å²) < 4.78 is 0. The summed E-state index contributed by atoms with van der Waals surface area (Å²) >= 11 is 5.89. The zero-order valence-electron chi connectivity index (χ0n) is 12.6. The van der Waals surface area contributed by atoms with Crippen molar-refractivity contribution < 1.29 is 0 Å². The zero-order valence-corrected chi connectivity index (χ0v) is 13.3. The number of nitrogens with zero attached hydrogens (tertiary/aromatic N) is 2. The number of halogens is 1. The fourth-order valence-electron chi connectivity index (χ4n) is 2.80. The number of nitrogens with one attached hydrogen (secondary N) is 2. The SMILES string of the molecule is Clc1ccc(CCNc2cc(NC3CCCC3)ncn2)cc1. The summed E-state index contributed by atoms with van der Waals surface area (Å²) in [5.41, 5.74) is 1.26. The normalized spacial score (nSPS) is 15.0. The molecule has 2 aromatic rings. The van der Waals surface area contributed by atoms with Gasteiger partial charge in [0.2, 0.25) is 0 Å². The van der Waals surface area contributed by atoms with Crippen molar-refractivity contribution in [2.24, 2.45) is 0 Å². The molecule has 0 spiro atoms. The third kappa shape index (κ3) is 4.34. The number of aromatic nitrogens is 2. The van der Waals surface area contributed by atoms with Crippen molar-refractivity contribution in [3.63, 3.8) is 0 Å². The first kappa shape index (κ1) is 15.1. The first-order valence-corrected chi connectivity index (χ1v) is 8.24. The largest absolute Gasteiger partial charge is 0.370 e. The van der Waals surface area contributed by atoms with Crippen LogP contribution in [0, 0.1) is 0 Å². The summed E-state index contributed by atoms with van der Waals surface area (Å²) in [6.45, 7) is 0.835. The van der Waals surface area contributed by atoms with Crippen LogP contribution in [0.4, 0.5) is 11.6 Å². The van der Waals surface area contributed by atoms with Gasteiger partial charge >= 0.3 is 0 Å². The molecule has 1 aliphatic carbocycles. The van der Waals surface area contributed by atoms with E-state index in [-0.39, 0.29) is 0 Å². The van der Waals surface area contributed by atoms with Crippen LogP contribution in [0.5, 0.6) is 0 Å². The van der Waals surface area contributed by atoms with Crippen LogP contribution in [0.25, 0.3) is 0 Å². The summed E-state index contributed by atoms with van der Waals surface area (Å²) in [5, 5.41) is 7.61. The van der Waals surface area contributed by atoms with Crippen LogP contribution in [0.15, 0.2) is 36.7 Å². The summed E-state index contributed by atoms with van der Waals surface area (Å²) in [6.07, 6.45) is 7.66. The Bertz CT molecular complexity index is 594. The highest BCUT2D eigenvalue weighted by Gasteiger charge is 2.14. The molecule has 1 aromatic heterocycles.